The number of carbonyl (C=O) groups is 3. The first-order valence-corrected chi connectivity index (χ1v) is 9.88. The molecule has 2 heterocycles. The highest BCUT2D eigenvalue weighted by molar-refractivity contribution is 6.35. The van der Waals surface area contributed by atoms with Crippen LogP contribution in [0.2, 0.25) is 5.02 Å². The zero-order valence-electron chi connectivity index (χ0n) is 15.9. The van der Waals surface area contributed by atoms with Gasteiger partial charge in [0, 0.05) is 42.5 Å². The number of benzene rings is 1. The van der Waals surface area contributed by atoms with E-state index in [-0.39, 0.29) is 5.91 Å². The Bertz CT molecular complexity index is 751. The van der Waals surface area contributed by atoms with Gasteiger partial charge in [-0.05, 0) is 38.1 Å². The average Bonchev–Trinajstić information content (AvgIpc) is 2.96. The summed E-state index contributed by atoms with van der Waals surface area (Å²) in [4.78, 5) is 40.8. The monoisotopic (exact) mass is 408 g/mol. The zero-order chi connectivity index (χ0) is 20.1. The van der Waals surface area contributed by atoms with Crippen LogP contribution < -0.4 is 15.5 Å². The van der Waals surface area contributed by atoms with Crippen LogP contribution in [0.3, 0.4) is 0 Å². The summed E-state index contributed by atoms with van der Waals surface area (Å²) in [5.74, 6) is -1.84. The molecule has 0 aromatic heterocycles. The fraction of sp³-hybridized carbons (Fsp3) is 0.526. The molecule has 28 heavy (non-hydrogen) atoms. The van der Waals surface area contributed by atoms with Crippen molar-refractivity contribution in [3.05, 3.63) is 28.8 Å². The number of hydrogen-bond acceptors (Lipinski definition) is 5. The molecule has 152 valence electrons. The molecule has 2 N–H and O–H groups in total. The van der Waals surface area contributed by atoms with Crippen molar-refractivity contribution in [3.63, 3.8) is 0 Å². The van der Waals surface area contributed by atoms with Gasteiger partial charge in [-0.25, -0.2) is 0 Å². The molecule has 3 rings (SSSR count). The van der Waals surface area contributed by atoms with Crippen molar-refractivity contribution in [1.29, 1.82) is 0 Å². The number of rotatable bonds is 6. The highest BCUT2D eigenvalue weighted by Gasteiger charge is 2.38. The third-order valence-electron chi connectivity index (χ3n) is 4.94. The molecule has 0 unspecified atom stereocenters. The number of nitrogens with one attached hydrogen (secondary N) is 2. The number of fused-ring (bicyclic) bond motifs is 1. The molecule has 1 aromatic rings. The summed E-state index contributed by atoms with van der Waals surface area (Å²) in [6.07, 6.45) is 0.740. The molecule has 1 fully saturated rings. The maximum atomic E-state index is 12.6. The summed E-state index contributed by atoms with van der Waals surface area (Å²) in [5.41, 5.74) is 1.31. The lowest BCUT2D eigenvalue weighted by molar-refractivity contribution is -0.140. The van der Waals surface area contributed by atoms with E-state index in [0.29, 0.717) is 29.4 Å². The number of carbonyl (C=O) groups excluding carboxylic acids is 3. The van der Waals surface area contributed by atoms with Crippen molar-refractivity contribution in [3.8, 4) is 0 Å². The van der Waals surface area contributed by atoms with Crippen LogP contribution in [0.5, 0.6) is 0 Å². The topological polar surface area (TPSA) is 91.0 Å². The van der Waals surface area contributed by atoms with Gasteiger partial charge in [0.2, 0.25) is 0 Å². The van der Waals surface area contributed by atoms with E-state index < -0.39 is 17.9 Å². The van der Waals surface area contributed by atoms with Crippen LogP contribution in [0.4, 0.5) is 5.69 Å². The molecule has 1 aromatic carbocycles. The van der Waals surface area contributed by atoms with Gasteiger partial charge in [0.05, 0.1) is 13.2 Å². The number of hydrogen-bond donors (Lipinski definition) is 2. The Morgan fingerprint density at radius 1 is 1.25 bits per heavy atom. The van der Waals surface area contributed by atoms with Crippen LogP contribution in [-0.2, 0) is 19.1 Å². The van der Waals surface area contributed by atoms with Crippen molar-refractivity contribution in [2.75, 3.05) is 50.8 Å². The third kappa shape index (κ3) is 4.63. The molecule has 0 saturated carbocycles. The number of amides is 3. The summed E-state index contributed by atoms with van der Waals surface area (Å²) < 4.78 is 5.29. The molecule has 3 amide bonds. The second kappa shape index (κ2) is 9.36. The Kier molecular flexibility index (Phi) is 6.88. The van der Waals surface area contributed by atoms with Crippen LogP contribution >= 0.6 is 11.6 Å². The van der Waals surface area contributed by atoms with Crippen LogP contribution in [0.1, 0.15) is 24.9 Å². The Morgan fingerprint density at radius 3 is 2.71 bits per heavy atom. The first kappa shape index (κ1) is 20.6. The van der Waals surface area contributed by atoms with Gasteiger partial charge >= 0.3 is 11.8 Å². The molecule has 0 aliphatic carbocycles. The highest BCUT2D eigenvalue weighted by atomic mass is 35.5. The smallest absolute Gasteiger partial charge is 0.310 e. The van der Waals surface area contributed by atoms with Crippen molar-refractivity contribution >= 4 is 35.0 Å². The van der Waals surface area contributed by atoms with Crippen molar-refractivity contribution in [2.24, 2.45) is 0 Å². The Balaban J connectivity index is 1.51. The van der Waals surface area contributed by atoms with Crippen LogP contribution in [-0.4, -0.2) is 68.6 Å². The van der Waals surface area contributed by atoms with E-state index in [2.05, 4.69) is 15.5 Å². The van der Waals surface area contributed by atoms with E-state index in [1.54, 1.807) is 23.1 Å². The van der Waals surface area contributed by atoms with E-state index in [0.717, 1.165) is 39.3 Å². The van der Waals surface area contributed by atoms with Gasteiger partial charge in [-0.15, -0.1) is 0 Å². The predicted octanol–water partition coefficient (Wildman–Crippen LogP) is 0.702. The summed E-state index contributed by atoms with van der Waals surface area (Å²) >= 11 is 6.04. The standard InChI is InChI=1S/C19H25ClN4O4/c1-2-24-15-5-4-13(20)12-14(15)16(19(24)27)22-18(26)17(25)21-6-3-7-23-8-10-28-11-9-23/h4-5,12,16H,2-3,6-11H2,1H3,(H,21,25)(H,22,26)/t16-/m0/s1. The van der Waals surface area contributed by atoms with Crippen molar-refractivity contribution in [2.45, 2.75) is 19.4 Å². The molecular formula is C19H25ClN4O4. The molecule has 2 aliphatic rings. The first-order valence-electron chi connectivity index (χ1n) is 9.51. The lowest BCUT2D eigenvalue weighted by Gasteiger charge is -2.26. The SMILES string of the molecule is CCN1C(=O)[C@@H](NC(=O)C(=O)NCCCN2CCOCC2)c2cc(Cl)ccc21. The highest BCUT2D eigenvalue weighted by Crippen LogP contribution is 2.37. The molecule has 2 aliphatic heterocycles. The summed E-state index contributed by atoms with van der Waals surface area (Å²) in [6.45, 7) is 6.77. The largest absolute Gasteiger partial charge is 0.379 e. The van der Waals surface area contributed by atoms with Gasteiger partial charge in [-0.3, -0.25) is 19.3 Å². The summed E-state index contributed by atoms with van der Waals surface area (Å²) in [7, 11) is 0. The van der Waals surface area contributed by atoms with Gasteiger partial charge in [0.1, 0.15) is 6.04 Å². The van der Waals surface area contributed by atoms with Crippen LogP contribution in [0.15, 0.2) is 18.2 Å². The lowest BCUT2D eigenvalue weighted by atomic mass is 10.1. The fourth-order valence-electron chi connectivity index (χ4n) is 3.48. The molecule has 8 nitrogen and oxygen atoms in total. The second-order valence-corrected chi connectivity index (χ2v) is 7.19. The minimum atomic E-state index is -0.903. The Morgan fingerprint density at radius 2 is 2.00 bits per heavy atom. The predicted molar refractivity (Wildman–Crippen MR) is 105 cm³/mol. The van der Waals surface area contributed by atoms with Crippen LogP contribution in [0.25, 0.3) is 0 Å². The third-order valence-corrected chi connectivity index (χ3v) is 5.18. The van der Waals surface area contributed by atoms with Crippen molar-refractivity contribution < 1.29 is 19.1 Å². The summed E-state index contributed by atoms with van der Waals surface area (Å²) in [5, 5.41) is 5.62. The number of anilines is 1. The van der Waals surface area contributed by atoms with Gasteiger partial charge in [-0.2, -0.15) is 0 Å². The number of likely N-dealkylation sites (N-methyl/N-ethyl adjacent to an activating group) is 1. The zero-order valence-corrected chi connectivity index (χ0v) is 16.6. The fourth-order valence-corrected chi connectivity index (χ4v) is 3.66. The number of ether oxygens (including phenoxy) is 1. The van der Waals surface area contributed by atoms with Crippen LogP contribution in [0, 0.1) is 0 Å². The van der Waals surface area contributed by atoms with E-state index in [1.807, 2.05) is 6.92 Å². The normalized spacial score (nSPS) is 19.4. The first-order chi connectivity index (χ1) is 13.5. The van der Waals surface area contributed by atoms with Gasteiger partial charge in [-0.1, -0.05) is 11.6 Å². The second-order valence-electron chi connectivity index (χ2n) is 6.76. The molecule has 1 atom stereocenters. The average molecular weight is 409 g/mol. The maximum Gasteiger partial charge on any atom is 0.310 e. The number of nitrogens with zero attached hydrogens (tertiary/aromatic N) is 2. The number of morpholine rings is 1. The van der Waals surface area contributed by atoms with Gasteiger partial charge < -0.3 is 20.3 Å². The Labute approximate surface area is 169 Å². The molecule has 0 radical (unpaired) electrons. The molecule has 0 spiro atoms. The van der Waals surface area contributed by atoms with Crippen molar-refractivity contribution in [1.82, 2.24) is 15.5 Å². The summed E-state index contributed by atoms with van der Waals surface area (Å²) in [6, 6.07) is 4.19. The molecule has 0 bridgehead atoms. The molecule has 9 heteroatoms. The van der Waals surface area contributed by atoms with E-state index >= 15 is 0 Å². The van der Waals surface area contributed by atoms with E-state index in [4.69, 9.17) is 16.3 Å². The van der Waals surface area contributed by atoms with Gasteiger partial charge in [0.25, 0.3) is 5.91 Å². The van der Waals surface area contributed by atoms with E-state index in [1.165, 1.54) is 0 Å². The molecule has 1 saturated heterocycles. The quantitative estimate of drug-likeness (QED) is 0.534. The minimum absolute atomic E-state index is 0.270. The van der Waals surface area contributed by atoms with Gasteiger partial charge in [0.15, 0.2) is 0 Å². The van der Waals surface area contributed by atoms with E-state index in [9.17, 15) is 14.4 Å². The Hall–Kier alpha value is -2.16. The maximum absolute atomic E-state index is 12.6. The number of halogens is 1. The lowest BCUT2D eigenvalue weighted by Crippen LogP contribution is -2.45. The minimum Gasteiger partial charge on any atom is -0.379 e. The molecular weight excluding hydrogens is 384 g/mol.